The van der Waals surface area contributed by atoms with Crippen LogP contribution in [0.4, 0.5) is 13.2 Å². The van der Waals surface area contributed by atoms with Crippen LogP contribution in [0.25, 0.3) is 4.91 Å². The number of aromatic nitrogens is 1. The number of aliphatic hydroxyl groups is 1. The van der Waals surface area contributed by atoms with E-state index in [1.165, 1.54) is 36.2 Å². The van der Waals surface area contributed by atoms with Gasteiger partial charge in [-0.25, -0.2) is 13.2 Å². The van der Waals surface area contributed by atoms with Crippen LogP contribution in [-0.2, 0) is 0 Å². The molecule has 1 aromatic heterocycles. The molecule has 0 aliphatic carbocycles. The third-order valence-corrected chi connectivity index (χ3v) is 6.03. The minimum Gasteiger partial charge on any atom is -0.384 e. The fourth-order valence-electron chi connectivity index (χ4n) is 3.45. The Labute approximate surface area is 164 Å². The second-order valence-corrected chi connectivity index (χ2v) is 7.51. The lowest BCUT2D eigenvalue weighted by molar-refractivity contribution is 0.210. The predicted molar refractivity (Wildman–Crippen MR) is 104 cm³/mol. The molecule has 2 heterocycles. The molecule has 2 nitrogen and oxygen atoms in total. The minimum absolute atomic E-state index is 0.197. The number of rotatable bonds is 4. The molecular weight excluding hydrogens is 383 g/mol. The van der Waals surface area contributed by atoms with Gasteiger partial charge in [-0.3, -0.25) is 4.98 Å². The van der Waals surface area contributed by atoms with Gasteiger partial charge < -0.3 is 5.11 Å². The molecule has 142 valence electrons. The van der Waals surface area contributed by atoms with Crippen LogP contribution in [0.15, 0.2) is 72.6 Å². The van der Waals surface area contributed by atoms with Gasteiger partial charge in [-0.05, 0) is 35.4 Å². The average Bonchev–Trinajstić information content (AvgIpc) is 3.13. The topological polar surface area (TPSA) is 33.1 Å². The van der Waals surface area contributed by atoms with E-state index >= 15 is 0 Å². The normalized spacial score (nSPS) is 17.8. The standard InChI is InChI=1S/C22H16F3NOS/c23-14-7-8-16(19(25)10-14)22-20(21(27)13-4-3-9-26-11-13)17(12-28-22)15-5-1-2-6-18(15)24/h1-11,17,21,27H,12H2. The van der Waals surface area contributed by atoms with E-state index in [2.05, 4.69) is 4.98 Å². The number of hydrogen-bond donors (Lipinski definition) is 1. The molecule has 0 amide bonds. The highest BCUT2D eigenvalue weighted by Crippen LogP contribution is 2.52. The molecule has 0 saturated heterocycles. The second-order valence-electron chi connectivity index (χ2n) is 6.48. The van der Waals surface area contributed by atoms with E-state index in [1.54, 1.807) is 36.5 Å². The van der Waals surface area contributed by atoms with Crippen LogP contribution in [0.1, 0.15) is 28.7 Å². The molecule has 6 heteroatoms. The molecule has 0 spiro atoms. The number of hydrogen-bond acceptors (Lipinski definition) is 3. The maximum absolute atomic E-state index is 14.5. The van der Waals surface area contributed by atoms with Crippen LogP contribution in [-0.4, -0.2) is 15.8 Å². The fraction of sp³-hybridized carbons (Fsp3) is 0.136. The van der Waals surface area contributed by atoms with E-state index in [0.717, 1.165) is 6.07 Å². The van der Waals surface area contributed by atoms with Crippen LogP contribution in [0.5, 0.6) is 0 Å². The Morgan fingerprint density at radius 1 is 1.00 bits per heavy atom. The number of nitrogens with zero attached hydrogens (tertiary/aromatic N) is 1. The predicted octanol–water partition coefficient (Wildman–Crippen LogP) is 5.47. The highest BCUT2D eigenvalue weighted by atomic mass is 32.2. The molecule has 2 aromatic carbocycles. The smallest absolute Gasteiger partial charge is 0.134 e. The number of pyridine rings is 1. The highest BCUT2D eigenvalue weighted by molar-refractivity contribution is 8.08. The first-order valence-corrected chi connectivity index (χ1v) is 9.69. The van der Waals surface area contributed by atoms with Gasteiger partial charge in [-0.2, -0.15) is 0 Å². The lowest BCUT2D eigenvalue weighted by Gasteiger charge is -2.22. The lowest BCUT2D eigenvalue weighted by atomic mass is 9.85. The summed E-state index contributed by atoms with van der Waals surface area (Å²) >= 11 is 1.33. The van der Waals surface area contributed by atoms with Gasteiger partial charge >= 0.3 is 0 Å². The van der Waals surface area contributed by atoms with Gasteiger partial charge in [0.1, 0.15) is 23.6 Å². The third-order valence-electron chi connectivity index (χ3n) is 4.78. The van der Waals surface area contributed by atoms with Gasteiger partial charge in [0.15, 0.2) is 0 Å². The van der Waals surface area contributed by atoms with E-state index < -0.39 is 23.7 Å². The zero-order valence-electron chi connectivity index (χ0n) is 14.6. The number of halogens is 3. The zero-order chi connectivity index (χ0) is 19.7. The summed E-state index contributed by atoms with van der Waals surface area (Å²) in [6, 6.07) is 13.1. The number of benzene rings is 2. The molecule has 4 rings (SSSR count). The average molecular weight is 399 g/mol. The molecule has 1 N–H and O–H groups in total. The van der Waals surface area contributed by atoms with Gasteiger partial charge in [-0.15, -0.1) is 11.8 Å². The third kappa shape index (κ3) is 3.45. The van der Waals surface area contributed by atoms with Crippen LogP contribution < -0.4 is 0 Å². The van der Waals surface area contributed by atoms with Crippen molar-refractivity contribution in [3.8, 4) is 0 Å². The quantitative estimate of drug-likeness (QED) is 0.631. The molecule has 0 bridgehead atoms. The van der Waals surface area contributed by atoms with Gasteiger partial charge in [0.05, 0.1) is 0 Å². The summed E-state index contributed by atoms with van der Waals surface area (Å²) in [5.41, 5.74) is 1.66. The van der Waals surface area contributed by atoms with Gasteiger partial charge in [0.25, 0.3) is 0 Å². The molecule has 3 aromatic rings. The summed E-state index contributed by atoms with van der Waals surface area (Å²) in [5.74, 6) is -1.78. The number of aliphatic hydroxyl groups excluding tert-OH is 1. The molecule has 0 fully saturated rings. The SMILES string of the molecule is OC(C1=C(c2ccc(F)cc2F)SCC1c1ccccc1F)c1cccnc1. The molecule has 2 unspecified atom stereocenters. The van der Waals surface area contributed by atoms with Crippen molar-refractivity contribution in [2.75, 3.05) is 5.75 Å². The van der Waals surface area contributed by atoms with E-state index in [1.807, 2.05) is 0 Å². The Balaban J connectivity index is 1.89. The van der Waals surface area contributed by atoms with Gasteiger partial charge in [0.2, 0.25) is 0 Å². The van der Waals surface area contributed by atoms with Crippen molar-refractivity contribution < 1.29 is 18.3 Å². The molecule has 2 atom stereocenters. The summed E-state index contributed by atoms with van der Waals surface area (Å²) in [6.07, 6.45) is 2.02. The highest BCUT2D eigenvalue weighted by Gasteiger charge is 2.35. The second kappa shape index (κ2) is 7.81. The Morgan fingerprint density at radius 3 is 2.54 bits per heavy atom. The number of thioether (sulfide) groups is 1. The summed E-state index contributed by atoms with van der Waals surface area (Å²) < 4.78 is 42.4. The fourth-order valence-corrected chi connectivity index (χ4v) is 4.89. The Morgan fingerprint density at radius 2 is 1.82 bits per heavy atom. The zero-order valence-corrected chi connectivity index (χ0v) is 15.5. The maximum Gasteiger partial charge on any atom is 0.134 e. The van der Waals surface area contributed by atoms with Crippen molar-refractivity contribution in [3.63, 3.8) is 0 Å². The van der Waals surface area contributed by atoms with Crippen molar-refractivity contribution in [3.05, 3.63) is 107 Å². The van der Waals surface area contributed by atoms with E-state index in [-0.39, 0.29) is 11.4 Å². The van der Waals surface area contributed by atoms with Crippen LogP contribution in [0, 0.1) is 17.5 Å². The molecular formula is C22H16F3NOS. The summed E-state index contributed by atoms with van der Waals surface area (Å²) in [5, 5.41) is 11.1. The Hall–Kier alpha value is -2.57. The molecule has 1 aliphatic rings. The van der Waals surface area contributed by atoms with Gasteiger partial charge in [0, 0.05) is 46.2 Å². The largest absolute Gasteiger partial charge is 0.384 e. The monoisotopic (exact) mass is 399 g/mol. The van der Waals surface area contributed by atoms with E-state index in [9.17, 15) is 18.3 Å². The van der Waals surface area contributed by atoms with Crippen molar-refractivity contribution in [2.24, 2.45) is 0 Å². The van der Waals surface area contributed by atoms with Crippen molar-refractivity contribution in [1.29, 1.82) is 0 Å². The minimum atomic E-state index is -1.09. The molecule has 1 aliphatic heterocycles. The Bertz CT molecular complexity index is 1040. The summed E-state index contributed by atoms with van der Waals surface area (Å²) in [4.78, 5) is 4.53. The first-order valence-electron chi connectivity index (χ1n) is 8.71. The summed E-state index contributed by atoms with van der Waals surface area (Å²) in [6.45, 7) is 0. The lowest BCUT2D eigenvalue weighted by Crippen LogP contribution is -2.12. The summed E-state index contributed by atoms with van der Waals surface area (Å²) in [7, 11) is 0. The first-order chi connectivity index (χ1) is 13.6. The van der Waals surface area contributed by atoms with Crippen LogP contribution in [0.2, 0.25) is 0 Å². The van der Waals surface area contributed by atoms with Crippen LogP contribution in [0.3, 0.4) is 0 Å². The Kier molecular flexibility index (Phi) is 5.24. The first kappa shape index (κ1) is 18.8. The molecule has 28 heavy (non-hydrogen) atoms. The van der Waals surface area contributed by atoms with Crippen molar-refractivity contribution in [1.82, 2.24) is 4.98 Å². The van der Waals surface area contributed by atoms with Crippen molar-refractivity contribution >= 4 is 16.7 Å². The molecule has 0 radical (unpaired) electrons. The van der Waals surface area contributed by atoms with Crippen LogP contribution >= 0.6 is 11.8 Å². The van der Waals surface area contributed by atoms with E-state index in [0.29, 0.717) is 27.4 Å². The maximum atomic E-state index is 14.5. The van der Waals surface area contributed by atoms with Crippen molar-refractivity contribution in [2.45, 2.75) is 12.0 Å². The van der Waals surface area contributed by atoms with Gasteiger partial charge in [-0.1, -0.05) is 24.3 Å². The molecule has 0 saturated carbocycles. The van der Waals surface area contributed by atoms with E-state index in [4.69, 9.17) is 0 Å².